The molecule has 7 heteroatoms. The number of imidazole rings is 1. The lowest BCUT2D eigenvalue weighted by Gasteiger charge is -2.44. The Kier molecular flexibility index (Phi) is 5.96. The normalized spacial score (nSPS) is 17.9. The molecule has 0 aliphatic carbocycles. The predicted octanol–water partition coefficient (Wildman–Crippen LogP) is 2.41. The largest absolute Gasteiger partial charge is 0.348 e. The van der Waals surface area contributed by atoms with Crippen LogP contribution in [-0.4, -0.2) is 52.4 Å². The number of nitrogens with zero attached hydrogens (tertiary/aromatic N) is 2. The molecule has 1 atom stereocenters. The molecule has 1 spiro atoms. The van der Waals surface area contributed by atoms with Crippen LogP contribution in [0.1, 0.15) is 40.2 Å². The van der Waals surface area contributed by atoms with E-state index in [0.29, 0.717) is 25.1 Å². The summed E-state index contributed by atoms with van der Waals surface area (Å²) in [6.45, 7) is 2.17. The van der Waals surface area contributed by atoms with Crippen LogP contribution in [0.25, 0.3) is 0 Å². The molecule has 1 aromatic heterocycles. The molecule has 2 aliphatic heterocycles. The van der Waals surface area contributed by atoms with Crippen LogP contribution in [0.5, 0.6) is 0 Å². The zero-order chi connectivity index (χ0) is 22.7. The maximum Gasteiger partial charge on any atom is 0.251 e. The zero-order valence-corrected chi connectivity index (χ0v) is 18.6. The third-order valence-corrected chi connectivity index (χ3v) is 6.86. The van der Waals surface area contributed by atoms with Gasteiger partial charge in [-0.1, -0.05) is 48.5 Å². The SMILES string of the molecule is O=C(N[C@@H](Cc1ccccc1)C(=O)N1CCC2(CC1)NCCc1[nH]cnc12)c1ccccc1. The number of H-pyrrole nitrogens is 1. The van der Waals surface area contributed by atoms with Crippen LogP contribution >= 0.6 is 0 Å². The molecule has 3 aromatic rings. The Bertz CT molecular complexity index is 1100. The minimum Gasteiger partial charge on any atom is -0.348 e. The van der Waals surface area contributed by atoms with Gasteiger partial charge in [0.2, 0.25) is 5.91 Å². The molecule has 1 fully saturated rings. The molecular weight excluding hydrogens is 414 g/mol. The van der Waals surface area contributed by atoms with Gasteiger partial charge in [0.15, 0.2) is 0 Å². The highest BCUT2D eigenvalue weighted by Crippen LogP contribution is 2.36. The summed E-state index contributed by atoms with van der Waals surface area (Å²) in [5.41, 5.74) is 3.70. The standard InChI is InChI=1S/C26H29N5O2/c32-24(20-9-5-2-6-10-20)30-22(17-19-7-3-1-4-8-19)25(33)31-15-12-26(13-16-31)23-21(11-14-29-26)27-18-28-23/h1-10,18,22,29H,11-17H2,(H,27,28)(H,30,32)/t22-/m0/s1. The van der Waals surface area contributed by atoms with Crippen molar-refractivity contribution >= 4 is 11.8 Å². The molecule has 33 heavy (non-hydrogen) atoms. The van der Waals surface area contributed by atoms with Crippen LogP contribution < -0.4 is 10.6 Å². The number of piperidine rings is 1. The smallest absolute Gasteiger partial charge is 0.251 e. The van der Waals surface area contributed by atoms with Crippen molar-refractivity contribution in [3.05, 3.63) is 89.5 Å². The summed E-state index contributed by atoms with van der Waals surface area (Å²) < 4.78 is 0. The predicted molar refractivity (Wildman–Crippen MR) is 126 cm³/mol. The maximum atomic E-state index is 13.6. The summed E-state index contributed by atoms with van der Waals surface area (Å²) in [5, 5.41) is 6.67. The summed E-state index contributed by atoms with van der Waals surface area (Å²) in [6.07, 6.45) is 4.79. The summed E-state index contributed by atoms with van der Waals surface area (Å²) in [6, 6.07) is 18.3. The van der Waals surface area contributed by atoms with E-state index in [4.69, 9.17) is 0 Å². The number of likely N-dealkylation sites (tertiary alicyclic amines) is 1. The van der Waals surface area contributed by atoms with E-state index in [9.17, 15) is 9.59 Å². The fraction of sp³-hybridized carbons (Fsp3) is 0.346. The first-order chi connectivity index (χ1) is 16.1. The minimum atomic E-state index is -0.616. The van der Waals surface area contributed by atoms with Crippen LogP contribution in [-0.2, 0) is 23.2 Å². The third kappa shape index (κ3) is 4.41. The second kappa shape index (κ2) is 9.19. The first kappa shape index (κ1) is 21.4. The first-order valence-corrected chi connectivity index (χ1v) is 11.6. The zero-order valence-electron chi connectivity index (χ0n) is 18.6. The Hall–Kier alpha value is -3.45. The third-order valence-electron chi connectivity index (χ3n) is 6.86. The number of nitrogens with one attached hydrogen (secondary N) is 3. The van der Waals surface area contributed by atoms with Gasteiger partial charge in [0.1, 0.15) is 6.04 Å². The van der Waals surface area contributed by atoms with E-state index in [1.54, 1.807) is 18.5 Å². The molecule has 2 amide bonds. The fourth-order valence-electron chi connectivity index (χ4n) is 5.06. The molecule has 170 valence electrons. The Morgan fingerprint density at radius 3 is 2.45 bits per heavy atom. The maximum absolute atomic E-state index is 13.6. The average molecular weight is 444 g/mol. The van der Waals surface area contributed by atoms with Crippen LogP contribution in [0.4, 0.5) is 0 Å². The van der Waals surface area contributed by atoms with Gasteiger partial charge in [-0.05, 0) is 30.5 Å². The van der Waals surface area contributed by atoms with Crippen molar-refractivity contribution in [1.29, 1.82) is 0 Å². The van der Waals surface area contributed by atoms with Gasteiger partial charge in [-0.15, -0.1) is 0 Å². The number of fused-ring (bicyclic) bond motifs is 2. The van der Waals surface area contributed by atoms with E-state index < -0.39 is 6.04 Å². The van der Waals surface area contributed by atoms with Crippen LogP contribution in [0.3, 0.4) is 0 Å². The second-order valence-electron chi connectivity index (χ2n) is 8.90. The Morgan fingerprint density at radius 1 is 1.03 bits per heavy atom. The highest BCUT2D eigenvalue weighted by Gasteiger charge is 2.42. The number of aromatic nitrogens is 2. The summed E-state index contributed by atoms with van der Waals surface area (Å²) in [5.74, 6) is -0.260. The number of rotatable bonds is 5. The van der Waals surface area contributed by atoms with E-state index in [-0.39, 0.29) is 17.4 Å². The molecule has 7 nitrogen and oxygen atoms in total. The Morgan fingerprint density at radius 2 is 1.73 bits per heavy atom. The lowest BCUT2D eigenvalue weighted by molar-refractivity contribution is -0.135. The molecule has 3 N–H and O–H groups in total. The first-order valence-electron chi connectivity index (χ1n) is 11.6. The van der Waals surface area contributed by atoms with E-state index in [0.717, 1.165) is 37.1 Å². The van der Waals surface area contributed by atoms with Gasteiger partial charge < -0.3 is 20.5 Å². The number of amides is 2. The molecule has 1 saturated heterocycles. The molecule has 0 radical (unpaired) electrons. The number of benzene rings is 2. The van der Waals surface area contributed by atoms with Crippen LogP contribution in [0, 0.1) is 0 Å². The van der Waals surface area contributed by atoms with Gasteiger partial charge >= 0.3 is 0 Å². The van der Waals surface area contributed by atoms with Crippen molar-refractivity contribution in [3.63, 3.8) is 0 Å². The Balaban J connectivity index is 1.31. The number of hydrogen-bond acceptors (Lipinski definition) is 4. The number of carbonyl (C=O) groups excluding carboxylic acids is 2. The molecule has 2 aliphatic rings. The Labute approximate surface area is 193 Å². The van der Waals surface area contributed by atoms with Crippen molar-refractivity contribution in [2.24, 2.45) is 0 Å². The van der Waals surface area contributed by atoms with E-state index in [2.05, 4.69) is 20.6 Å². The number of hydrogen-bond donors (Lipinski definition) is 3. The quantitative estimate of drug-likeness (QED) is 0.565. The fourth-order valence-corrected chi connectivity index (χ4v) is 5.06. The highest BCUT2D eigenvalue weighted by molar-refractivity contribution is 5.97. The van der Waals surface area contributed by atoms with E-state index >= 15 is 0 Å². The van der Waals surface area contributed by atoms with Crippen molar-refractivity contribution in [2.45, 2.75) is 37.3 Å². The summed E-state index contributed by atoms with van der Waals surface area (Å²) in [4.78, 5) is 36.2. The molecule has 5 rings (SSSR count). The molecule has 0 bridgehead atoms. The van der Waals surface area contributed by atoms with E-state index in [1.165, 1.54) is 5.69 Å². The molecule has 0 unspecified atom stereocenters. The van der Waals surface area contributed by atoms with Crippen molar-refractivity contribution in [1.82, 2.24) is 25.5 Å². The van der Waals surface area contributed by atoms with E-state index in [1.807, 2.05) is 53.4 Å². The average Bonchev–Trinajstić information content (AvgIpc) is 3.36. The van der Waals surface area contributed by atoms with Crippen molar-refractivity contribution in [3.8, 4) is 0 Å². The van der Waals surface area contributed by atoms with Gasteiger partial charge in [-0.25, -0.2) is 4.98 Å². The molecular formula is C26H29N5O2. The van der Waals surface area contributed by atoms with Gasteiger partial charge in [-0.2, -0.15) is 0 Å². The topological polar surface area (TPSA) is 90.1 Å². The molecule has 2 aromatic carbocycles. The van der Waals surface area contributed by atoms with Gasteiger partial charge in [0.05, 0.1) is 17.6 Å². The molecule has 3 heterocycles. The lowest BCUT2D eigenvalue weighted by atomic mass is 9.80. The molecule has 0 saturated carbocycles. The van der Waals surface area contributed by atoms with Crippen molar-refractivity contribution < 1.29 is 9.59 Å². The van der Waals surface area contributed by atoms with Crippen LogP contribution in [0.15, 0.2) is 67.0 Å². The minimum absolute atomic E-state index is 0.0314. The summed E-state index contributed by atoms with van der Waals surface area (Å²) >= 11 is 0. The van der Waals surface area contributed by atoms with Gasteiger partial charge in [0, 0.05) is 43.7 Å². The summed E-state index contributed by atoms with van der Waals surface area (Å²) in [7, 11) is 0. The van der Waals surface area contributed by atoms with Crippen LogP contribution in [0.2, 0.25) is 0 Å². The van der Waals surface area contributed by atoms with Gasteiger partial charge in [-0.3, -0.25) is 9.59 Å². The second-order valence-corrected chi connectivity index (χ2v) is 8.90. The number of aromatic amines is 1. The van der Waals surface area contributed by atoms with Gasteiger partial charge in [0.25, 0.3) is 5.91 Å². The highest BCUT2D eigenvalue weighted by atomic mass is 16.2. The van der Waals surface area contributed by atoms with Crippen molar-refractivity contribution in [2.75, 3.05) is 19.6 Å². The lowest BCUT2D eigenvalue weighted by Crippen LogP contribution is -2.58. The monoisotopic (exact) mass is 443 g/mol. The number of carbonyl (C=O) groups is 2.